The van der Waals surface area contributed by atoms with E-state index in [0.29, 0.717) is 0 Å². The van der Waals surface area contributed by atoms with Gasteiger partial charge >= 0.3 is 0 Å². The van der Waals surface area contributed by atoms with Gasteiger partial charge in [-0.15, -0.1) is 0 Å². The van der Waals surface area contributed by atoms with E-state index in [9.17, 15) is 0 Å². The lowest BCUT2D eigenvalue weighted by Crippen LogP contribution is -2.28. The zero-order valence-electron chi connectivity index (χ0n) is 36.1. The molecule has 0 unspecified atom stereocenters. The molecule has 62 heavy (non-hydrogen) atoms. The summed E-state index contributed by atoms with van der Waals surface area (Å²) >= 11 is 0. The van der Waals surface area contributed by atoms with Gasteiger partial charge in [0.15, 0.2) is 0 Å². The maximum Gasteiger partial charge on any atom is 0.0443 e. The second kappa shape index (κ2) is 15.2. The fraction of sp³-hybridized carbons (Fsp3) is 0.167. The van der Waals surface area contributed by atoms with Crippen molar-refractivity contribution in [1.82, 2.24) is 0 Å². The zero-order valence-corrected chi connectivity index (χ0v) is 36.1. The molecule has 2 aliphatic heterocycles. The van der Waals surface area contributed by atoms with E-state index in [-0.39, 0.29) is 5.41 Å². The normalized spacial score (nSPS) is 15.9. The minimum atomic E-state index is -0.0968. The van der Waals surface area contributed by atoms with E-state index in [2.05, 4.69) is 207 Å². The summed E-state index contributed by atoms with van der Waals surface area (Å²) in [5.74, 6) is 0. The van der Waals surface area contributed by atoms with Crippen LogP contribution in [0.2, 0.25) is 0 Å². The number of para-hydroxylation sites is 1. The molecule has 2 nitrogen and oxygen atoms in total. The Bertz CT molecular complexity index is 3210. The third-order valence-corrected chi connectivity index (χ3v) is 14.0. The van der Waals surface area contributed by atoms with Crippen LogP contribution in [0.3, 0.4) is 0 Å². The highest BCUT2D eigenvalue weighted by molar-refractivity contribution is 6.09. The van der Waals surface area contributed by atoms with Crippen molar-refractivity contribution in [3.8, 4) is 22.3 Å². The fourth-order valence-electron chi connectivity index (χ4n) is 10.6. The van der Waals surface area contributed by atoms with Crippen LogP contribution in [0, 0.1) is 0 Å². The number of hydrogen-bond acceptors (Lipinski definition) is 2. The fourth-order valence-corrected chi connectivity index (χ4v) is 10.6. The number of nitrogens with zero attached hydrogens (tertiary/aromatic N) is 2. The Kier molecular flexibility index (Phi) is 9.34. The molecule has 0 amide bonds. The highest BCUT2D eigenvalue weighted by atomic mass is 15.1. The predicted octanol–water partition coefficient (Wildman–Crippen LogP) is 16.0. The minimum Gasteiger partial charge on any atom is -0.342 e. The number of aryl methyl sites for hydroxylation is 1. The van der Waals surface area contributed by atoms with Gasteiger partial charge in [0, 0.05) is 41.3 Å². The minimum absolute atomic E-state index is 0.0968. The molecule has 8 aromatic rings. The van der Waals surface area contributed by atoms with Crippen LogP contribution in [-0.4, -0.2) is 13.1 Å². The molecule has 3 aliphatic rings. The summed E-state index contributed by atoms with van der Waals surface area (Å²) in [5.41, 5.74) is 18.4. The van der Waals surface area contributed by atoms with E-state index >= 15 is 0 Å². The van der Waals surface area contributed by atoms with Gasteiger partial charge in [-0.3, -0.25) is 0 Å². The van der Waals surface area contributed by atoms with E-state index in [0.717, 1.165) is 25.9 Å². The van der Waals surface area contributed by atoms with E-state index in [1.54, 1.807) is 0 Å². The number of benzene rings is 8. The maximum atomic E-state index is 3.91. The highest BCUT2D eigenvalue weighted by Crippen LogP contribution is 2.50. The van der Waals surface area contributed by atoms with Crippen molar-refractivity contribution in [2.45, 2.75) is 51.9 Å². The number of hydrogen-bond donors (Lipinski definition) is 0. The molecule has 0 atom stereocenters. The van der Waals surface area contributed by atoms with Gasteiger partial charge < -0.3 is 9.80 Å². The lowest BCUT2D eigenvalue weighted by Gasteiger charge is -2.33. The Morgan fingerprint density at radius 1 is 0.532 bits per heavy atom. The first kappa shape index (κ1) is 38.1. The van der Waals surface area contributed by atoms with Crippen LogP contribution in [0.5, 0.6) is 0 Å². The molecule has 0 bridgehead atoms. The number of rotatable bonds is 7. The molecule has 0 aromatic heterocycles. The number of allylic oxidation sites excluding steroid dienone is 4. The van der Waals surface area contributed by atoms with Gasteiger partial charge in [-0.2, -0.15) is 0 Å². The van der Waals surface area contributed by atoms with Crippen molar-refractivity contribution in [2.24, 2.45) is 0 Å². The average Bonchev–Trinajstić information content (AvgIpc) is 3.53. The van der Waals surface area contributed by atoms with Gasteiger partial charge in [0.25, 0.3) is 0 Å². The Morgan fingerprint density at radius 3 is 1.97 bits per heavy atom. The van der Waals surface area contributed by atoms with Crippen LogP contribution in [0.1, 0.15) is 67.9 Å². The van der Waals surface area contributed by atoms with E-state index in [1.807, 2.05) is 6.08 Å². The van der Waals surface area contributed by atoms with E-state index in [4.69, 9.17) is 0 Å². The Hall–Kier alpha value is -6.90. The number of anilines is 3. The second-order valence-corrected chi connectivity index (χ2v) is 18.1. The van der Waals surface area contributed by atoms with Crippen LogP contribution in [-0.2, 0) is 11.8 Å². The molecule has 8 aromatic carbocycles. The Labute approximate surface area is 366 Å². The Balaban J connectivity index is 0.821. The molecule has 0 spiro atoms. The molecule has 0 saturated carbocycles. The molecule has 2 heteroatoms. The van der Waals surface area contributed by atoms with Crippen LogP contribution in [0.25, 0.3) is 66.7 Å². The topological polar surface area (TPSA) is 6.48 Å². The van der Waals surface area contributed by atoms with Gasteiger partial charge in [-0.25, -0.2) is 0 Å². The lowest BCUT2D eigenvalue weighted by molar-refractivity contribution is 0.659. The summed E-state index contributed by atoms with van der Waals surface area (Å²) in [7, 11) is 0. The molecular formula is C60H52N2. The van der Waals surface area contributed by atoms with Gasteiger partial charge in [-0.1, -0.05) is 142 Å². The molecule has 0 N–H and O–H groups in total. The molecular weight excluding hydrogens is 749 g/mol. The van der Waals surface area contributed by atoms with Crippen molar-refractivity contribution in [2.75, 3.05) is 22.9 Å². The van der Waals surface area contributed by atoms with Crippen molar-refractivity contribution >= 4 is 61.5 Å². The van der Waals surface area contributed by atoms with Gasteiger partial charge in [0.1, 0.15) is 0 Å². The first-order chi connectivity index (χ1) is 30.3. The van der Waals surface area contributed by atoms with Crippen LogP contribution in [0.15, 0.2) is 182 Å². The monoisotopic (exact) mass is 800 g/mol. The smallest absolute Gasteiger partial charge is 0.0443 e. The molecule has 1 aliphatic carbocycles. The first-order valence-electron chi connectivity index (χ1n) is 22.4. The summed E-state index contributed by atoms with van der Waals surface area (Å²) < 4.78 is 0. The van der Waals surface area contributed by atoms with Gasteiger partial charge in [0.05, 0.1) is 0 Å². The van der Waals surface area contributed by atoms with Crippen molar-refractivity contribution < 1.29 is 0 Å². The van der Waals surface area contributed by atoms with E-state index < -0.39 is 0 Å². The zero-order chi connectivity index (χ0) is 42.0. The standard InChI is InChI=1S/C60H52N2/c1-5-6-14-58-40(2)11-9-32-61(58)51-27-31-55-54-28-19-42(35-56(54)60(3,4)57(55)39-51)17-16-41-18-20-45-36-46(22-21-44(45)34-41)47-25-29-52-48(37-47)23-24-49-38-50(26-30-53(49)52)62-33-10-13-43-12-7-8-15-59(43)62/h5-8,12,14-31,34-39H,1,9-11,13,32-33H2,2-4H3/b14-6-,17-16+. The predicted molar refractivity (Wildman–Crippen MR) is 268 cm³/mol. The third kappa shape index (κ3) is 6.57. The molecule has 0 radical (unpaired) electrons. The largest absolute Gasteiger partial charge is 0.342 e. The highest BCUT2D eigenvalue weighted by Gasteiger charge is 2.36. The maximum absolute atomic E-state index is 3.91. The lowest BCUT2D eigenvalue weighted by atomic mass is 9.81. The van der Waals surface area contributed by atoms with Crippen LogP contribution >= 0.6 is 0 Å². The van der Waals surface area contributed by atoms with Crippen molar-refractivity contribution in [1.29, 1.82) is 0 Å². The van der Waals surface area contributed by atoms with Gasteiger partial charge in [0.2, 0.25) is 0 Å². The number of fused-ring (bicyclic) bond motifs is 8. The van der Waals surface area contributed by atoms with Crippen LogP contribution < -0.4 is 9.80 Å². The summed E-state index contributed by atoms with van der Waals surface area (Å²) in [6.07, 6.45) is 15.3. The first-order valence-corrected chi connectivity index (χ1v) is 22.4. The summed E-state index contributed by atoms with van der Waals surface area (Å²) in [5, 5.41) is 7.66. The SMILES string of the molecule is C=C/C=C\C1=C(C)CCCN1c1ccc2c(c1)C(C)(C)c1cc(/C=C/c3ccc4cc(-c5ccc6c(ccc7cc(N8CCCc9ccccc98)ccc76)c5)ccc4c3)ccc1-2. The Morgan fingerprint density at radius 2 is 1.13 bits per heavy atom. The second-order valence-electron chi connectivity index (χ2n) is 18.1. The van der Waals surface area contributed by atoms with Gasteiger partial charge in [-0.05, 0) is 175 Å². The van der Waals surface area contributed by atoms with Crippen molar-refractivity contribution in [3.05, 3.63) is 209 Å². The summed E-state index contributed by atoms with van der Waals surface area (Å²) in [4.78, 5) is 4.98. The molecule has 2 heterocycles. The molecule has 302 valence electrons. The molecule has 0 fully saturated rings. The molecule has 11 rings (SSSR count). The summed E-state index contributed by atoms with van der Waals surface area (Å²) in [6, 6.07) is 55.2. The quantitative estimate of drug-likeness (QED) is 0.0900. The third-order valence-electron chi connectivity index (χ3n) is 14.0. The van der Waals surface area contributed by atoms with Crippen molar-refractivity contribution in [3.63, 3.8) is 0 Å². The summed E-state index contributed by atoms with van der Waals surface area (Å²) in [6.45, 7) is 13.0. The average molecular weight is 801 g/mol. The van der Waals surface area contributed by atoms with E-state index in [1.165, 1.54) is 124 Å². The molecule has 0 saturated heterocycles. The van der Waals surface area contributed by atoms with Crippen LogP contribution in [0.4, 0.5) is 17.1 Å².